The van der Waals surface area contributed by atoms with Gasteiger partial charge in [0.1, 0.15) is 5.69 Å². The van der Waals surface area contributed by atoms with Gasteiger partial charge in [-0.05, 0) is 12.1 Å². The number of halogens is 1. The lowest BCUT2D eigenvalue weighted by Crippen LogP contribution is -2.39. The number of hydrogen-bond acceptors (Lipinski definition) is 4. The van der Waals surface area contributed by atoms with Crippen LogP contribution in [0.25, 0.3) is 0 Å². The number of para-hydroxylation sites is 1. The molecule has 1 aromatic rings. The Hall–Kier alpha value is -2.24. The molecule has 1 heterocycles. The normalized spacial score (nSPS) is 13.5. The number of rotatable bonds is 2. The van der Waals surface area contributed by atoms with Crippen molar-refractivity contribution in [1.82, 2.24) is 10.9 Å². The highest BCUT2D eigenvalue weighted by Crippen LogP contribution is 2.22. The molecule has 0 spiro atoms. The number of anilines is 1. The summed E-state index contributed by atoms with van der Waals surface area (Å²) in [6.45, 7) is 0. The standard InChI is InChI=1S/C9H8FN3O2/c10-7-3-1-2-6(9(14)15)8(7)13-11-4-5-12-13/h1-5,11-12H,(H,14,15). The molecule has 0 aliphatic carbocycles. The summed E-state index contributed by atoms with van der Waals surface area (Å²) in [6.07, 6.45) is 3.05. The van der Waals surface area contributed by atoms with E-state index < -0.39 is 11.8 Å². The third-order valence-electron chi connectivity index (χ3n) is 1.93. The summed E-state index contributed by atoms with van der Waals surface area (Å²) < 4.78 is 13.4. The average molecular weight is 209 g/mol. The zero-order valence-corrected chi connectivity index (χ0v) is 7.57. The van der Waals surface area contributed by atoms with Crippen LogP contribution in [-0.2, 0) is 0 Å². The van der Waals surface area contributed by atoms with Crippen molar-refractivity contribution in [3.05, 3.63) is 42.0 Å². The Labute approximate surface area is 84.8 Å². The lowest BCUT2D eigenvalue weighted by Gasteiger charge is -2.20. The summed E-state index contributed by atoms with van der Waals surface area (Å²) in [4.78, 5) is 10.9. The Morgan fingerprint density at radius 1 is 1.33 bits per heavy atom. The van der Waals surface area contributed by atoms with Gasteiger partial charge in [-0.25, -0.2) is 9.18 Å². The smallest absolute Gasteiger partial charge is 0.338 e. The number of carbonyl (C=O) groups is 1. The van der Waals surface area contributed by atoms with Gasteiger partial charge in [-0.2, -0.15) is 5.12 Å². The number of carboxylic acids is 1. The largest absolute Gasteiger partial charge is 0.478 e. The van der Waals surface area contributed by atoms with E-state index in [0.717, 1.165) is 0 Å². The Morgan fingerprint density at radius 2 is 2.00 bits per heavy atom. The Kier molecular flexibility index (Phi) is 2.17. The summed E-state index contributed by atoms with van der Waals surface area (Å²) in [6, 6.07) is 3.89. The molecule has 5 nitrogen and oxygen atoms in total. The minimum atomic E-state index is -1.18. The van der Waals surface area contributed by atoms with Crippen molar-refractivity contribution >= 4 is 11.7 Å². The van der Waals surface area contributed by atoms with E-state index in [-0.39, 0.29) is 11.3 Å². The molecule has 15 heavy (non-hydrogen) atoms. The minimum Gasteiger partial charge on any atom is -0.478 e. The summed E-state index contributed by atoms with van der Waals surface area (Å²) >= 11 is 0. The van der Waals surface area contributed by atoms with Gasteiger partial charge in [-0.1, -0.05) is 6.07 Å². The van der Waals surface area contributed by atoms with Crippen LogP contribution in [-0.4, -0.2) is 11.1 Å². The number of carboxylic acid groups (broad SMARTS) is 1. The average Bonchev–Trinajstić information content (AvgIpc) is 2.70. The monoisotopic (exact) mass is 209 g/mol. The number of hydrogen-bond donors (Lipinski definition) is 3. The van der Waals surface area contributed by atoms with Crippen LogP contribution >= 0.6 is 0 Å². The lowest BCUT2D eigenvalue weighted by molar-refractivity contribution is 0.0697. The van der Waals surface area contributed by atoms with E-state index in [1.807, 2.05) is 0 Å². The van der Waals surface area contributed by atoms with Gasteiger partial charge < -0.3 is 5.11 Å². The van der Waals surface area contributed by atoms with Gasteiger partial charge >= 0.3 is 5.97 Å². The first-order chi connectivity index (χ1) is 7.20. The third-order valence-corrected chi connectivity index (χ3v) is 1.93. The van der Waals surface area contributed by atoms with Gasteiger partial charge in [0.2, 0.25) is 0 Å². The Bertz CT molecular complexity index is 425. The molecule has 0 bridgehead atoms. The second kappa shape index (κ2) is 3.49. The van der Waals surface area contributed by atoms with Crippen molar-refractivity contribution in [3.63, 3.8) is 0 Å². The number of nitrogens with zero attached hydrogens (tertiary/aromatic N) is 1. The zero-order chi connectivity index (χ0) is 10.8. The molecule has 2 rings (SSSR count). The van der Waals surface area contributed by atoms with Crippen molar-refractivity contribution in [1.29, 1.82) is 0 Å². The molecule has 0 unspecified atom stereocenters. The summed E-state index contributed by atoms with van der Waals surface area (Å²) in [5, 5.41) is 10.1. The van der Waals surface area contributed by atoms with Crippen LogP contribution in [0.1, 0.15) is 10.4 Å². The predicted molar refractivity (Wildman–Crippen MR) is 51.2 cm³/mol. The van der Waals surface area contributed by atoms with Crippen molar-refractivity contribution < 1.29 is 14.3 Å². The maximum Gasteiger partial charge on any atom is 0.338 e. The molecular weight excluding hydrogens is 201 g/mol. The number of hydrazine groups is 2. The molecule has 0 aromatic heterocycles. The zero-order valence-electron chi connectivity index (χ0n) is 7.57. The fourth-order valence-corrected chi connectivity index (χ4v) is 1.31. The van der Waals surface area contributed by atoms with Crippen LogP contribution < -0.4 is 16.0 Å². The Balaban J connectivity index is 2.47. The van der Waals surface area contributed by atoms with Gasteiger partial charge in [0.25, 0.3) is 0 Å². The fourth-order valence-electron chi connectivity index (χ4n) is 1.31. The van der Waals surface area contributed by atoms with Crippen LogP contribution in [0.2, 0.25) is 0 Å². The summed E-state index contributed by atoms with van der Waals surface area (Å²) in [5.74, 6) is -1.79. The molecule has 1 aliphatic heterocycles. The van der Waals surface area contributed by atoms with Crippen molar-refractivity contribution in [2.75, 3.05) is 5.12 Å². The van der Waals surface area contributed by atoms with E-state index in [2.05, 4.69) is 10.9 Å². The summed E-state index contributed by atoms with van der Waals surface area (Å²) in [5.41, 5.74) is 5.14. The first-order valence-electron chi connectivity index (χ1n) is 4.19. The van der Waals surface area contributed by atoms with Gasteiger partial charge in [0, 0.05) is 12.4 Å². The van der Waals surface area contributed by atoms with Crippen LogP contribution in [0.3, 0.4) is 0 Å². The fraction of sp³-hybridized carbons (Fsp3) is 0. The number of nitrogens with one attached hydrogen (secondary N) is 2. The molecule has 0 amide bonds. The lowest BCUT2D eigenvalue weighted by atomic mass is 10.1. The van der Waals surface area contributed by atoms with Gasteiger partial charge in [0.05, 0.1) is 5.56 Å². The Morgan fingerprint density at radius 3 is 2.60 bits per heavy atom. The molecule has 0 radical (unpaired) electrons. The van der Waals surface area contributed by atoms with E-state index >= 15 is 0 Å². The van der Waals surface area contributed by atoms with Crippen molar-refractivity contribution in [3.8, 4) is 0 Å². The SMILES string of the molecule is O=C(O)c1cccc(F)c1N1NC=CN1. The van der Waals surface area contributed by atoms with Crippen LogP contribution in [0, 0.1) is 5.82 Å². The minimum absolute atomic E-state index is 0.0463. The third kappa shape index (κ3) is 1.56. The highest BCUT2D eigenvalue weighted by molar-refractivity contribution is 5.94. The molecule has 0 saturated carbocycles. The summed E-state index contributed by atoms with van der Waals surface area (Å²) in [7, 11) is 0. The quantitative estimate of drug-likeness (QED) is 0.673. The van der Waals surface area contributed by atoms with Crippen molar-refractivity contribution in [2.45, 2.75) is 0 Å². The van der Waals surface area contributed by atoms with Crippen LogP contribution in [0.5, 0.6) is 0 Å². The molecule has 0 atom stereocenters. The highest BCUT2D eigenvalue weighted by Gasteiger charge is 2.20. The maximum absolute atomic E-state index is 13.4. The molecule has 1 aliphatic rings. The topological polar surface area (TPSA) is 64.6 Å². The van der Waals surface area contributed by atoms with Gasteiger partial charge in [-0.3, -0.25) is 10.9 Å². The molecule has 0 fully saturated rings. The molecule has 6 heteroatoms. The van der Waals surface area contributed by atoms with Crippen LogP contribution in [0.4, 0.5) is 10.1 Å². The van der Waals surface area contributed by atoms with E-state index in [9.17, 15) is 9.18 Å². The number of benzene rings is 1. The molecule has 3 N–H and O–H groups in total. The number of aromatic carboxylic acids is 1. The molecular formula is C9H8FN3O2. The first-order valence-corrected chi connectivity index (χ1v) is 4.19. The van der Waals surface area contributed by atoms with E-state index in [1.165, 1.54) is 35.7 Å². The molecule has 1 aromatic carbocycles. The first kappa shape index (κ1) is 9.32. The van der Waals surface area contributed by atoms with E-state index in [1.54, 1.807) is 0 Å². The second-order valence-electron chi connectivity index (χ2n) is 2.87. The maximum atomic E-state index is 13.4. The van der Waals surface area contributed by atoms with E-state index in [4.69, 9.17) is 5.11 Å². The van der Waals surface area contributed by atoms with Crippen molar-refractivity contribution in [2.24, 2.45) is 0 Å². The van der Waals surface area contributed by atoms with E-state index in [0.29, 0.717) is 0 Å². The molecule has 0 saturated heterocycles. The van der Waals surface area contributed by atoms with Crippen LogP contribution in [0.15, 0.2) is 30.6 Å². The van der Waals surface area contributed by atoms with Gasteiger partial charge in [-0.15, -0.1) is 0 Å². The second-order valence-corrected chi connectivity index (χ2v) is 2.87. The predicted octanol–water partition coefficient (Wildman–Crippen LogP) is 0.824. The molecule has 78 valence electrons. The van der Waals surface area contributed by atoms with Gasteiger partial charge in [0.15, 0.2) is 5.82 Å². The highest BCUT2D eigenvalue weighted by atomic mass is 19.1.